The van der Waals surface area contributed by atoms with Crippen LogP contribution in [-0.4, -0.2) is 73.4 Å². The van der Waals surface area contributed by atoms with Gasteiger partial charge in [0.15, 0.2) is 0 Å². The average molecular weight is 497 g/mol. The average Bonchev–Trinajstić information content (AvgIpc) is 3.56. The van der Waals surface area contributed by atoms with Crippen LogP contribution in [0.3, 0.4) is 0 Å². The third-order valence-corrected chi connectivity index (χ3v) is 5.28. The van der Waals surface area contributed by atoms with Gasteiger partial charge < -0.3 is 36.8 Å². The second kappa shape index (κ2) is 12.8. The molecule has 0 aliphatic rings. The molecule has 0 aliphatic carbocycles. The van der Waals surface area contributed by atoms with Crippen LogP contribution in [0.1, 0.15) is 17.0 Å². The number of nitrogens with one attached hydrogen (secondary N) is 5. The summed E-state index contributed by atoms with van der Waals surface area (Å²) in [5.74, 6) is -3.09. The first-order chi connectivity index (χ1) is 17.3. The number of H-pyrrole nitrogens is 2. The Hall–Kier alpha value is -4.52. The molecular formula is C23H28N8O5. The number of carboxylic acid groups (broad SMARTS) is 1. The summed E-state index contributed by atoms with van der Waals surface area (Å²) in [6, 6.07) is 5.71. The van der Waals surface area contributed by atoms with Crippen molar-refractivity contribution in [3.8, 4) is 0 Å². The maximum atomic E-state index is 13.0. The van der Waals surface area contributed by atoms with Gasteiger partial charge in [-0.15, -0.1) is 0 Å². The van der Waals surface area contributed by atoms with Crippen molar-refractivity contribution in [2.45, 2.75) is 37.4 Å². The summed E-state index contributed by atoms with van der Waals surface area (Å²) in [5, 5.41) is 17.0. The van der Waals surface area contributed by atoms with E-state index in [9.17, 15) is 24.3 Å². The number of nitrogens with two attached hydrogens (primary N) is 1. The topological polar surface area (TPSA) is 208 Å². The second-order valence-electron chi connectivity index (χ2n) is 8.10. The molecule has 8 N–H and O–H groups in total. The van der Waals surface area contributed by atoms with Crippen molar-refractivity contribution in [2.24, 2.45) is 5.73 Å². The van der Waals surface area contributed by atoms with Crippen LogP contribution in [0.25, 0.3) is 0 Å². The van der Waals surface area contributed by atoms with Gasteiger partial charge in [0, 0.05) is 43.0 Å². The number of aromatic nitrogens is 4. The molecule has 0 spiro atoms. The fraction of sp³-hybridized carbons (Fsp3) is 0.304. The molecule has 1 aromatic carbocycles. The maximum Gasteiger partial charge on any atom is 0.326 e. The van der Waals surface area contributed by atoms with Crippen LogP contribution in [0, 0.1) is 0 Å². The monoisotopic (exact) mass is 496 g/mol. The number of rotatable bonds is 13. The maximum absolute atomic E-state index is 13.0. The van der Waals surface area contributed by atoms with Gasteiger partial charge in [-0.2, -0.15) is 0 Å². The van der Waals surface area contributed by atoms with Gasteiger partial charge in [0.25, 0.3) is 0 Å². The molecular weight excluding hydrogens is 468 g/mol. The van der Waals surface area contributed by atoms with Crippen LogP contribution < -0.4 is 21.7 Å². The predicted octanol–water partition coefficient (Wildman–Crippen LogP) is -1.34. The molecule has 3 rings (SSSR count). The minimum absolute atomic E-state index is 0.0165. The van der Waals surface area contributed by atoms with Crippen LogP contribution >= 0.6 is 0 Å². The van der Waals surface area contributed by atoms with Gasteiger partial charge in [-0.25, -0.2) is 14.8 Å². The summed E-state index contributed by atoms with van der Waals surface area (Å²) in [7, 11) is 0. The van der Waals surface area contributed by atoms with E-state index in [1.54, 1.807) is 30.5 Å². The SMILES string of the molecule is NC(Cc1cnc[nH]1)C(=O)NCC(=O)NC(Cc1ccccc1)C(=O)NC(Cc1cnc[nH]1)C(=O)O. The third kappa shape index (κ3) is 8.06. The van der Waals surface area contributed by atoms with Gasteiger partial charge in [-0.3, -0.25) is 14.4 Å². The molecule has 2 heterocycles. The second-order valence-corrected chi connectivity index (χ2v) is 8.10. The first-order valence-corrected chi connectivity index (χ1v) is 11.2. The Kier molecular flexibility index (Phi) is 9.28. The fourth-order valence-electron chi connectivity index (χ4n) is 3.42. The minimum atomic E-state index is -1.24. The van der Waals surface area contributed by atoms with E-state index in [-0.39, 0.29) is 19.3 Å². The van der Waals surface area contributed by atoms with Gasteiger partial charge in [0.05, 0.1) is 25.2 Å². The Bertz CT molecular complexity index is 1130. The van der Waals surface area contributed by atoms with Crippen molar-refractivity contribution >= 4 is 23.7 Å². The lowest BCUT2D eigenvalue weighted by Crippen LogP contribution is -2.55. The highest BCUT2D eigenvalue weighted by atomic mass is 16.4. The third-order valence-electron chi connectivity index (χ3n) is 5.28. The molecule has 0 saturated carbocycles. The summed E-state index contributed by atoms with van der Waals surface area (Å²) in [6.07, 6.45) is 6.19. The largest absolute Gasteiger partial charge is 0.480 e. The number of benzene rings is 1. The summed E-state index contributed by atoms with van der Waals surface area (Å²) in [6.45, 7) is -0.412. The number of hydrogen-bond acceptors (Lipinski definition) is 7. The smallest absolute Gasteiger partial charge is 0.326 e. The lowest BCUT2D eigenvalue weighted by molar-refractivity contribution is -0.142. The van der Waals surface area contributed by atoms with Gasteiger partial charge in [-0.1, -0.05) is 30.3 Å². The Morgan fingerprint density at radius 1 is 0.861 bits per heavy atom. The molecule has 13 heteroatoms. The molecule has 0 fully saturated rings. The van der Waals surface area contributed by atoms with Crippen molar-refractivity contribution in [3.05, 3.63) is 72.3 Å². The summed E-state index contributed by atoms with van der Waals surface area (Å²) in [4.78, 5) is 62.9. The number of amides is 3. The lowest BCUT2D eigenvalue weighted by atomic mass is 10.0. The summed E-state index contributed by atoms with van der Waals surface area (Å²) in [5.41, 5.74) is 7.82. The molecule has 13 nitrogen and oxygen atoms in total. The quantitative estimate of drug-likeness (QED) is 0.150. The molecule has 0 saturated heterocycles. The van der Waals surface area contributed by atoms with Gasteiger partial charge >= 0.3 is 5.97 Å². The zero-order valence-electron chi connectivity index (χ0n) is 19.3. The van der Waals surface area contributed by atoms with Crippen LogP contribution in [0.2, 0.25) is 0 Å². The highest BCUT2D eigenvalue weighted by Crippen LogP contribution is 2.06. The van der Waals surface area contributed by atoms with Gasteiger partial charge in [-0.05, 0) is 5.56 Å². The molecule has 0 bridgehead atoms. The van der Waals surface area contributed by atoms with Gasteiger partial charge in [0.1, 0.15) is 12.1 Å². The Balaban J connectivity index is 1.61. The summed E-state index contributed by atoms with van der Waals surface area (Å²) >= 11 is 0. The van der Waals surface area contributed by atoms with Crippen LogP contribution in [0.15, 0.2) is 55.4 Å². The number of carbonyl (C=O) groups excluding carboxylic acids is 3. The molecule has 2 aromatic heterocycles. The molecule has 0 aliphatic heterocycles. The van der Waals surface area contributed by atoms with E-state index in [1.807, 2.05) is 6.07 Å². The Morgan fingerprint density at radius 3 is 2.08 bits per heavy atom. The van der Waals surface area contributed by atoms with Crippen molar-refractivity contribution < 1.29 is 24.3 Å². The fourth-order valence-corrected chi connectivity index (χ4v) is 3.42. The lowest BCUT2D eigenvalue weighted by Gasteiger charge is -2.22. The number of hydrogen-bond donors (Lipinski definition) is 7. The zero-order valence-corrected chi connectivity index (χ0v) is 19.3. The molecule has 3 unspecified atom stereocenters. The van der Waals surface area contributed by atoms with E-state index in [0.717, 1.165) is 5.56 Å². The number of aromatic amines is 2. The number of aliphatic carboxylic acids is 1. The minimum Gasteiger partial charge on any atom is -0.480 e. The van der Waals surface area contributed by atoms with Gasteiger partial charge in [0.2, 0.25) is 17.7 Å². The number of carbonyl (C=O) groups is 4. The van der Waals surface area contributed by atoms with Crippen LogP contribution in [0.5, 0.6) is 0 Å². The zero-order chi connectivity index (χ0) is 25.9. The van der Waals surface area contributed by atoms with Crippen molar-refractivity contribution in [1.82, 2.24) is 35.9 Å². The van der Waals surface area contributed by atoms with Crippen LogP contribution in [0.4, 0.5) is 0 Å². The molecule has 36 heavy (non-hydrogen) atoms. The van der Waals surface area contributed by atoms with E-state index >= 15 is 0 Å². The Labute approximate surface area is 206 Å². The summed E-state index contributed by atoms with van der Waals surface area (Å²) < 4.78 is 0. The highest BCUT2D eigenvalue weighted by molar-refractivity contribution is 5.92. The van der Waals surface area contributed by atoms with E-state index in [1.165, 1.54) is 18.9 Å². The first-order valence-electron chi connectivity index (χ1n) is 11.2. The van der Waals surface area contributed by atoms with E-state index < -0.39 is 48.4 Å². The number of carboxylic acids is 1. The molecule has 3 aromatic rings. The number of nitrogens with zero attached hydrogens (tertiary/aromatic N) is 2. The molecule has 190 valence electrons. The van der Waals surface area contributed by atoms with E-state index in [4.69, 9.17) is 5.73 Å². The number of imidazole rings is 2. The highest BCUT2D eigenvalue weighted by Gasteiger charge is 2.27. The van der Waals surface area contributed by atoms with E-state index in [0.29, 0.717) is 11.4 Å². The van der Waals surface area contributed by atoms with E-state index in [2.05, 4.69) is 35.9 Å². The normalized spacial score (nSPS) is 13.2. The first kappa shape index (κ1) is 26.1. The molecule has 3 amide bonds. The Morgan fingerprint density at radius 2 is 1.50 bits per heavy atom. The molecule has 3 atom stereocenters. The predicted molar refractivity (Wildman–Crippen MR) is 127 cm³/mol. The van der Waals surface area contributed by atoms with Crippen molar-refractivity contribution in [1.29, 1.82) is 0 Å². The standard InChI is InChI=1S/C23H28N8O5/c24-17(7-15-9-25-12-28-15)21(33)27-11-20(32)30-18(6-14-4-2-1-3-5-14)22(34)31-19(23(35)36)8-16-10-26-13-29-16/h1-5,9-10,12-13,17-19H,6-8,11,24H2,(H,25,28)(H,26,29)(H,27,33)(H,30,32)(H,31,34)(H,35,36). The van der Waals surface area contributed by atoms with Crippen molar-refractivity contribution in [2.75, 3.05) is 6.54 Å². The van der Waals surface area contributed by atoms with Crippen molar-refractivity contribution in [3.63, 3.8) is 0 Å². The molecule has 0 radical (unpaired) electrons. The van der Waals surface area contributed by atoms with Crippen LogP contribution in [-0.2, 0) is 38.4 Å².